The van der Waals surface area contributed by atoms with Gasteiger partial charge in [0.1, 0.15) is 0 Å². The van der Waals surface area contributed by atoms with Crippen molar-refractivity contribution in [1.29, 1.82) is 0 Å². The molecule has 0 aliphatic rings. The topological polar surface area (TPSA) is 96.7 Å². The SMILES string of the molecule is O=C(O)C(OP(=O)(O)c1ccccn1)c1ccccc1. The normalized spacial score (nSPS) is 15.2. The molecule has 2 unspecified atom stereocenters. The number of hydrogen-bond acceptors (Lipinski definition) is 4. The van der Waals surface area contributed by atoms with Crippen molar-refractivity contribution in [3.8, 4) is 0 Å². The van der Waals surface area contributed by atoms with Crippen LogP contribution in [-0.4, -0.2) is 21.0 Å². The molecule has 1 aromatic heterocycles. The molecule has 7 heteroatoms. The third kappa shape index (κ3) is 3.30. The second kappa shape index (κ2) is 5.96. The van der Waals surface area contributed by atoms with Crippen LogP contribution in [0.4, 0.5) is 0 Å². The summed E-state index contributed by atoms with van der Waals surface area (Å²) in [5.41, 5.74) is 0.0902. The number of carboxylic acid groups (broad SMARTS) is 1. The highest BCUT2D eigenvalue weighted by molar-refractivity contribution is 7.61. The van der Waals surface area contributed by atoms with E-state index >= 15 is 0 Å². The van der Waals surface area contributed by atoms with Crippen molar-refractivity contribution in [2.45, 2.75) is 6.10 Å². The molecule has 0 fully saturated rings. The molecule has 1 aromatic carbocycles. The van der Waals surface area contributed by atoms with E-state index in [1.165, 1.54) is 30.5 Å². The first kappa shape index (κ1) is 14.4. The van der Waals surface area contributed by atoms with Crippen LogP contribution in [0.3, 0.4) is 0 Å². The van der Waals surface area contributed by atoms with Gasteiger partial charge in [-0.25, -0.2) is 9.78 Å². The molecule has 0 saturated heterocycles. The zero-order valence-electron chi connectivity index (χ0n) is 10.3. The van der Waals surface area contributed by atoms with Gasteiger partial charge in [0.2, 0.25) is 0 Å². The minimum atomic E-state index is -4.31. The first-order chi connectivity index (χ1) is 9.50. The Bertz CT molecular complexity index is 632. The third-order valence-corrected chi connectivity index (χ3v) is 3.85. The van der Waals surface area contributed by atoms with E-state index in [0.717, 1.165) is 0 Å². The molecule has 2 aromatic rings. The molecular formula is C13H12NO5P. The summed E-state index contributed by atoms with van der Waals surface area (Å²) in [6, 6.07) is 12.4. The van der Waals surface area contributed by atoms with Gasteiger partial charge in [0.05, 0.1) is 0 Å². The highest BCUT2D eigenvalue weighted by Crippen LogP contribution is 2.45. The molecule has 2 atom stereocenters. The van der Waals surface area contributed by atoms with Gasteiger partial charge in [0.15, 0.2) is 11.5 Å². The Balaban J connectivity index is 2.30. The van der Waals surface area contributed by atoms with Gasteiger partial charge in [-0.1, -0.05) is 36.4 Å². The number of rotatable bonds is 5. The van der Waals surface area contributed by atoms with Gasteiger partial charge in [-0.3, -0.25) is 9.09 Å². The van der Waals surface area contributed by atoms with Crippen LogP contribution in [-0.2, 0) is 13.9 Å². The Morgan fingerprint density at radius 1 is 1.15 bits per heavy atom. The quantitative estimate of drug-likeness (QED) is 0.815. The highest BCUT2D eigenvalue weighted by Gasteiger charge is 2.33. The molecule has 1 heterocycles. The molecule has 0 aliphatic heterocycles. The first-order valence-corrected chi connectivity index (χ1v) is 7.29. The van der Waals surface area contributed by atoms with Crippen molar-refractivity contribution in [3.63, 3.8) is 0 Å². The molecule has 0 amide bonds. The second-order valence-corrected chi connectivity index (χ2v) is 5.65. The fourth-order valence-electron chi connectivity index (χ4n) is 1.59. The average molecular weight is 293 g/mol. The van der Waals surface area contributed by atoms with Gasteiger partial charge in [0.25, 0.3) is 0 Å². The highest BCUT2D eigenvalue weighted by atomic mass is 31.2. The monoisotopic (exact) mass is 293 g/mol. The maximum absolute atomic E-state index is 12.1. The molecule has 0 aliphatic carbocycles. The van der Waals surface area contributed by atoms with Gasteiger partial charge in [-0.05, 0) is 17.7 Å². The fraction of sp³-hybridized carbons (Fsp3) is 0.0769. The van der Waals surface area contributed by atoms with Crippen molar-refractivity contribution >= 4 is 19.0 Å². The lowest BCUT2D eigenvalue weighted by atomic mass is 10.1. The largest absolute Gasteiger partial charge is 0.479 e. The molecule has 20 heavy (non-hydrogen) atoms. The van der Waals surface area contributed by atoms with Crippen LogP contribution >= 0.6 is 7.60 Å². The molecule has 2 N–H and O–H groups in total. The van der Waals surface area contributed by atoms with Gasteiger partial charge < -0.3 is 10.00 Å². The summed E-state index contributed by atoms with van der Waals surface area (Å²) < 4.78 is 17.0. The van der Waals surface area contributed by atoms with Gasteiger partial charge >= 0.3 is 13.6 Å². The van der Waals surface area contributed by atoms with E-state index < -0.39 is 19.7 Å². The summed E-state index contributed by atoms with van der Waals surface area (Å²) >= 11 is 0. The predicted octanol–water partition coefficient (Wildman–Crippen LogP) is 1.73. The van der Waals surface area contributed by atoms with Crippen molar-refractivity contribution in [2.75, 3.05) is 0 Å². The van der Waals surface area contributed by atoms with Gasteiger partial charge in [0, 0.05) is 6.20 Å². The Hall–Kier alpha value is -2.01. The maximum atomic E-state index is 12.1. The lowest BCUT2D eigenvalue weighted by molar-refractivity contribution is -0.145. The molecule has 6 nitrogen and oxygen atoms in total. The Labute approximate surface area is 115 Å². The molecule has 0 spiro atoms. The number of nitrogens with zero attached hydrogens (tertiary/aromatic N) is 1. The van der Waals surface area contributed by atoms with Crippen LogP contribution in [0.5, 0.6) is 0 Å². The van der Waals surface area contributed by atoms with Crippen LogP contribution in [0, 0.1) is 0 Å². The summed E-state index contributed by atoms with van der Waals surface area (Å²) in [4.78, 5) is 24.8. The number of carbonyl (C=O) groups is 1. The first-order valence-electron chi connectivity index (χ1n) is 5.71. The van der Waals surface area contributed by atoms with E-state index in [4.69, 9.17) is 9.63 Å². The summed E-state index contributed by atoms with van der Waals surface area (Å²) in [5, 5.41) is 9.16. The van der Waals surface area contributed by atoms with Crippen molar-refractivity contribution in [3.05, 3.63) is 60.3 Å². The summed E-state index contributed by atoms with van der Waals surface area (Å²) in [5.74, 6) is -1.35. The standard InChI is InChI=1S/C13H12NO5P/c15-13(16)12(10-6-2-1-3-7-10)19-20(17,18)11-8-4-5-9-14-11/h1-9,12H,(H,15,16)(H,17,18). The van der Waals surface area contributed by atoms with E-state index in [1.807, 2.05) is 0 Å². The third-order valence-electron chi connectivity index (χ3n) is 2.51. The predicted molar refractivity (Wildman–Crippen MR) is 71.6 cm³/mol. The number of aliphatic carboxylic acids is 1. The Morgan fingerprint density at radius 3 is 2.35 bits per heavy atom. The second-order valence-electron chi connectivity index (χ2n) is 3.94. The molecule has 104 valence electrons. The van der Waals surface area contributed by atoms with Gasteiger partial charge in [-0.2, -0.15) is 0 Å². The summed E-state index contributed by atoms with van der Waals surface area (Å²) in [7, 11) is -4.31. The maximum Gasteiger partial charge on any atom is 0.378 e. The summed E-state index contributed by atoms with van der Waals surface area (Å²) in [6.45, 7) is 0. The average Bonchev–Trinajstić information content (AvgIpc) is 2.46. The number of aromatic nitrogens is 1. The molecule has 0 radical (unpaired) electrons. The minimum Gasteiger partial charge on any atom is -0.479 e. The van der Waals surface area contributed by atoms with E-state index in [9.17, 15) is 14.3 Å². The Morgan fingerprint density at radius 2 is 1.80 bits per heavy atom. The lowest BCUT2D eigenvalue weighted by Gasteiger charge is -2.17. The number of carboxylic acids is 1. The van der Waals surface area contributed by atoms with E-state index in [1.54, 1.807) is 24.3 Å². The van der Waals surface area contributed by atoms with Crippen molar-refractivity contribution < 1.29 is 23.9 Å². The van der Waals surface area contributed by atoms with Crippen molar-refractivity contribution in [2.24, 2.45) is 0 Å². The molecule has 2 rings (SSSR count). The molecule has 0 bridgehead atoms. The number of hydrogen-bond donors (Lipinski definition) is 2. The zero-order valence-corrected chi connectivity index (χ0v) is 11.2. The number of benzene rings is 1. The van der Waals surface area contributed by atoms with Crippen LogP contribution in [0.2, 0.25) is 0 Å². The van der Waals surface area contributed by atoms with Crippen LogP contribution in [0.1, 0.15) is 11.7 Å². The minimum absolute atomic E-state index is 0.192. The van der Waals surface area contributed by atoms with E-state index in [-0.39, 0.29) is 11.0 Å². The molecule has 0 saturated carbocycles. The fourth-order valence-corrected chi connectivity index (χ4v) is 2.69. The van der Waals surface area contributed by atoms with Crippen LogP contribution in [0.15, 0.2) is 54.7 Å². The van der Waals surface area contributed by atoms with Crippen LogP contribution in [0.25, 0.3) is 0 Å². The van der Waals surface area contributed by atoms with Crippen molar-refractivity contribution in [1.82, 2.24) is 4.98 Å². The van der Waals surface area contributed by atoms with E-state index in [2.05, 4.69) is 4.98 Å². The summed E-state index contributed by atoms with van der Waals surface area (Å²) in [6.07, 6.45) is -0.200. The Kier molecular flexibility index (Phi) is 4.29. The zero-order chi connectivity index (χ0) is 14.6. The lowest BCUT2D eigenvalue weighted by Crippen LogP contribution is -2.19. The van der Waals surface area contributed by atoms with E-state index in [0.29, 0.717) is 0 Å². The number of pyridine rings is 1. The van der Waals surface area contributed by atoms with Crippen LogP contribution < -0.4 is 5.44 Å². The van der Waals surface area contributed by atoms with Gasteiger partial charge in [-0.15, -0.1) is 0 Å². The molecular weight excluding hydrogens is 281 g/mol. The smallest absolute Gasteiger partial charge is 0.378 e.